The van der Waals surface area contributed by atoms with Gasteiger partial charge in [-0.1, -0.05) is 6.92 Å². The van der Waals surface area contributed by atoms with E-state index in [4.69, 9.17) is 0 Å². The summed E-state index contributed by atoms with van der Waals surface area (Å²) in [7, 11) is -2.87. The Labute approximate surface area is 78.5 Å². The molecule has 0 spiro atoms. The highest BCUT2D eigenvalue weighted by Gasteiger charge is 2.07. The van der Waals surface area contributed by atoms with Crippen molar-refractivity contribution in [1.29, 1.82) is 0 Å². The van der Waals surface area contributed by atoms with Gasteiger partial charge in [0.05, 0.1) is 12.3 Å². The molecule has 0 aliphatic heterocycles. The first-order valence-corrected chi connectivity index (χ1v) is 6.06. The molecule has 1 aromatic heterocycles. The SMILES string of the molecule is CCS(=O)(=O)CCn1nccc1C. The predicted molar refractivity (Wildman–Crippen MR) is 51.3 cm³/mol. The quantitative estimate of drug-likeness (QED) is 0.719. The second kappa shape index (κ2) is 3.91. The monoisotopic (exact) mass is 202 g/mol. The molecule has 0 amide bonds. The average molecular weight is 202 g/mol. The Morgan fingerprint density at radius 1 is 1.54 bits per heavy atom. The van der Waals surface area contributed by atoms with Gasteiger partial charge in [-0.25, -0.2) is 8.42 Å². The van der Waals surface area contributed by atoms with E-state index in [1.54, 1.807) is 17.8 Å². The van der Waals surface area contributed by atoms with Gasteiger partial charge in [-0.3, -0.25) is 4.68 Å². The maximum Gasteiger partial charge on any atom is 0.151 e. The lowest BCUT2D eigenvalue weighted by Gasteiger charge is -2.03. The van der Waals surface area contributed by atoms with E-state index in [0.29, 0.717) is 6.54 Å². The highest BCUT2D eigenvalue weighted by atomic mass is 32.2. The molecule has 0 aromatic carbocycles. The minimum absolute atomic E-state index is 0.173. The van der Waals surface area contributed by atoms with E-state index in [0.717, 1.165) is 5.69 Å². The number of aryl methyl sites for hydroxylation is 2. The molecule has 13 heavy (non-hydrogen) atoms. The third-order valence-corrected chi connectivity index (χ3v) is 3.67. The third-order valence-electron chi connectivity index (χ3n) is 1.98. The zero-order chi connectivity index (χ0) is 9.90. The molecular formula is C8H14N2O2S. The van der Waals surface area contributed by atoms with E-state index < -0.39 is 9.84 Å². The fraction of sp³-hybridized carbons (Fsp3) is 0.625. The Bertz CT molecular complexity index is 367. The summed E-state index contributed by atoms with van der Waals surface area (Å²) in [5.74, 6) is 0.374. The number of rotatable bonds is 4. The van der Waals surface area contributed by atoms with Crippen LogP contribution in [-0.2, 0) is 16.4 Å². The first kappa shape index (κ1) is 10.2. The van der Waals surface area contributed by atoms with Gasteiger partial charge in [0.15, 0.2) is 9.84 Å². The van der Waals surface area contributed by atoms with Crippen molar-refractivity contribution in [3.63, 3.8) is 0 Å². The van der Waals surface area contributed by atoms with E-state index in [-0.39, 0.29) is 11.5 Å². The Morgan fingerprint density at radius 3 is 2.69 bits per heavy atom. The molecule has 0 aliphatic carbocycles. The van der Waals surface area contributed by atoms with E-state index in [1.165, 1.54) is 0 Å². The molecular weight excluding hydrogens is 188 g/mol. The van der Waals surface area contributed by atoms with Crippen LogP contribution in [0.5, 0.6) is 0 Å². The van der Waals surface area contributed by atoms with Gasteiger partial charge in [0, 0.05) is 17.6 Å². The minimum atomic E-state index is -2.87. The van der Waals surface area contributed by atoms with Gasteiger partial charge >= 0.3 is 0 Å². The molecule has 0 atom stereocenters. The van der Waals surface area contributed by atoms with Gasteiger partial charge in [-0.05, 0) is 13.0 Å². The lowest BCUT2D eigenvalue weighted by Crippen LogP contribution is -2.15. The molecule has 5 heteroatoms. The maximum atomic E-state index is 11.2. The van der Waals surface area contributed by atoms with Crippen LogP contribution in [0, 0.1) is 6.92 Å². The lowest BCUT2D eigenvalue weighted by molar-refractivity contribution is 0.578. The first-order chi connectivity index (χ1) is 6.05. The first-order valence-electron chi connectivity index (χ1n) is 4.24. The summed E-state index contributed by atoms with van der Waals surface area (Å²) in [6, 6.07) is 1.86. The summed E-state index contributed by atoms with van der Waals surface area (Å²) in [5, 5.41) is 4.01. The molecule has 0 saturated carbocycles. The van der Waals surface area contributed by atoms with Crippen LogP contribution in [0.15, 0.2) is 12.3 Å². The van der Waals surface area contributed by atoms with Crippen molar-refractivity contribution in [3.05, 3.63) is 18.0 Å². The second-order valence-electron chi connectivity index (χ2n) is 2.93. The van der Waals surface area contributed by atoms with E-state index >= 15 is 0 Å². The Hall–Kier alpha value is -0.840. The Kier molecular flexibility index (Phi) is 3.08. The molecule has 1 heterocycles. The molecule has 0 saturated heterocycles. The smallest absolute Gasteiger partial charge is 0.151 e. The predicted octanol–water partition coefficient (Wildman–Crippen LogP) is 0.626. The molecule has 0 unspecified atom stereocenters. The van der Waals surface area contributed by atoms with Gasteiger partial charge in [-0.2, -0.15) is 5.10 Å². The number of nitrogens with zero attached hydrogens (tertiary/aromatic N) is 2. The van der Waals surface area contributed by atoms with Crippen molar-refractivity contribution < 1.29 is 8.42 Å². The molecule has 0 fully saturated rings. The van der Waals surface area contributed by atoms with Gasteiger partial charge in [0.1, 0.15) is 0 Å². The van der Waals surface area contributed by atoms with Gasteiger partial charge in [0.25, 0.3) is 0 Å². The number of hydrogen-bond donors (Lipinski definition) is 0. The van der Waals surface area contributed by atoms with Gasteiger partial charge in [-0.15, -0.1) is 0 Å². The average Bonchev–Trinajstić information content (AvgIpc) is 2.48. The lowest BCUT2D eigenvalue weighted by atomic mass is 10.5. The van der Waals surface area contributed by atoms with E-state index in [9.17, 15) is 8.42 Å². The van der Waals surface area contributed by atoms with E-state index in [1.807, 2.05) is 13.0 Å². The van der Waals surface area contributed by atoms with Crippen LogP contribution in [0.4, 0.5) is 0 Å². The van der Waals surface area contributed by atoms with Gasteiger partial charge in [0.2, 0.25) is 0 Å². The summed E-state index contributed by atoms with van der Waals surface area (Å²) >= 11 is 0. The highest BCUT2D eigenvalue weighted by Crippen LogP contribution is 1.98. The summed E-state index contributed by atoms with van der Waals surface area (Å²) in [6.07, 6.45) is 1.67. The summed E-state index contributed by atoms with van der Waals surface area (Å²) in [4.78, 5) is 0. The highest BCUT2D eigenvalue weighted by molar-refractivity contribution is 7.91. The van der Waals surface area contributed by atoms with Crippen LogP contribution < -0.4 is 0 Å². The number of hydrogen-bond acceptors (Lipinski definition) is 3. The number of sulfone groups is 1. The molecule has 0 bridgehead atoms. The molecule has 1 rings (SSSR count). The van der Waals surface area contributed by atoms with Crippen LogP contribution in [0.1, 0.15) is 12.6 Å². The minimum Gasteiger partial charge on any atom is -0.269 e. The molecule has 0 radical (unpaired) electrons. The summed E-state index contributed by atoms with van der Waals surface area (Å²) in [6.45, 7) is 4.02. The van der Waals surface area contributed by atoms with Crippen molar-refractivity contribution >= 4 is 9.84 Å². The van der Waals surface area contributed by atoms with Crippen molar-refractivity contribution in [2.24, 2.45) is 0 Å². The maximum absolute atomic E-state index is 11.2. The fourth-order valence-corrected chi connectivity index (χ4v) is 1.74. The van der Waals surface area contributed by atoms with Gasteiger partial charge < -0.3 is 0 Å². The van der Waals surface area contributed by atoms with E-state index in [2.05, 4.69) is 5.10 Å². The van der Waals surface area contributed by atoms with Crippen LogP contribution in [0.25, 0.3) is 0 Å². The largest absolute Gasteiger partial charge is 0.269 e. The summed E-state index contributed by atoms with van der Waals surface area (Å²) < 4.78 is 24.0. The Balaban J connectivity index is 2.58. The zero-order valence-corrected chi connectivity index (χ0v) is 8.71. The molecule has 4 nitrogen and oxygen atoms in total. The third kappa shape index (κ3) is 2.84. The Morgan fingerprint density at radius 2 is 2.23 bits per heavy atom. The topological polar surface area (TPSA) is 52.0 Å². The molecule has 0 aliphatic rings. The van der Waals surface area contributed by atoms with Crippen LogP contribution in [-0.4, -0.2) is 29.7 Å². The second-order valence-corrected chi connectivity index (χ2v) is 5.40. The molecule has 74 valence electrons. The van der Waals surface area contributed by atoms with Crippen LogP contribution in [0.2, 0.25) is 0 Å². The van der Waals surface area contributed by atoms with Crippen molar-refractivity contribution in [2.75, 3.05) is 11.5 Å². The van der Waals surface area contributed by atoms with Crippen molar-refractivity contribution in [1.82, 2.24) is 9.78 Å². The standard InChI is InChI=1S/C8H14N2O2S/c1-3-13(11,12)7-6-10-8(2)4-5-9-10/h4-5H,3,6-7H2,1-2H3. The molecule has 0 N–H and O–H groups in total. The normalized spacial score (nSPS) is 11.8. The zero-order valence-electron chi connectivity index (χ0n) is 7.90. The van der Waals surface area contributed by atoms with Crippen molar-refractivity contribution in [3.8, 4) is 0 Å². The van der Waals surface area contributed by atoms with Crippen molar-refractivity contribution in [2.45, 2.75) is 20.4 Å². The number of aromatic nitrogens is 2. The summed E-state index contributed by atoms with van der Waals surface area (Å²) in [5.41, 5.74) is 0.992. The van der Waals surface area contributed by atoms with Crippen LogP contribution >= 0.6 is 0 Å². The van der Waals surface area contributed by atoms with Crippen LogP contribution in [0.3, 0.4) is 0 Å². The fourth-order valence-electron chi connectivity index (χ4n) is 1.00. The molecule has 1 aromatic rings.